The largest absolute Gasteiger partial charge is 0.497 e. The molecule has 0 radical (unpaired) electrons. The van der Waals surface area contributed by atoms with Crippen LogP contribution in [-0.4, -0.2) is 61.0 Å². The van der Waals surface area contributed by atoms with Gasteiger partial charge in [-0.1, -0.05) is 35.9 Å². The van der Waals surface area contributed by atoms with Crippen LogP contribution in [0.5, 0.6) is 11.5 Å². The van der Waals surface area contributed by atoms with E-state index in [-0.39, 0.29) is 12.1 Å². The Labute approximate surface area is 362 Å². The average Bonchev–Trinajstić information content (AvgIpc) is 4.03. The summed E-state index contributed by atoms with van der Waals surface area (Å²) in [6.45, 7) is 2.51. The van der Waals surface area contributed by atoms with Crippen molar-refractivity contribution in [1.29, 1.82) is 0 Å². The first kappa shape index (κ1) is 40.5. The van der Waals surface area contributed by atoms with E-state index in [2.05, 4.69) is 40.9 Å². The number of aromatic nitrogens is 6. The molecule has 9 rings (SSSR count). The van der Waals surface area contributed by atoms with Crippen molar-refractivity contribution in [3.63, 3.8) is 0 Å². The zero-order chi connectivity index (χ0) is 41.7. The minimum absolute atomic E-state index is 0.0237. The summed E-state index contributed by atoms with van der Waals surface area (Å²) >= 11 is 10.7. The SMILES string of the molecule is COC(=O)c1c(CCCO)c2ccc(Cl)c(-c3c(C)nn(C45CC4C5)c3CSCc3cc(CSc4cc(OCc5ccc(OC)cc5)c5ncccc5c4)n(C)n3)c2n1C. The summed E-state index contributed by atoms with van der Waals surface area (Å²) in [7, 11) is 6.97. The van der Waals surface area contributed by atoms with Gasteiger partial charge in [-0.3, -0.25) is 14.3 Å². The summed E-state index contributed by atoms with van der Waals surface area (Å²) in [5.41, 5.74) is 10.3. The van der Waals surface area contributed by atoms with E-state index in [9.17, 15) is 9.90 Å². The summed E-state index contributed by atoms with van der Waals surface area (Å²) in [5.74, 6) is 4.01. The molecule has 0 unspecified atom stereocenters. The predicted molar refractivity (Wildman–Crippen MR) is 238 cm³/mol. The first-order valence-electron chi connectivity index (χ1n) is 20.1. The molecule has 0 saturated heterocycles. The van der Waals surface area contributed by atoms with Crippen LogP contribution >= 0.6 is 35.1 Å². The van der Waals surface area contributed by atoms with E-state index >= 15 is 0 Å². The maximum atomic E-state index is 13.2. The lowest BCUT2D eigenvalue weighted by molar-refractivity contribution is 0.0589. The summed E-state index contributed by atoms with van der Waals surface area (Å²) < 4.78 is 23.1. The van der Waals surface area contributed by atoms with E-state index in [1.807, 2.05) is 77.6 Å². The quantitative estimate of drug-likeness (QED) is 0.0701. The lowest BCUT2D eigenvalue weighted by Gasteiger charge is -2.14. The number of ether oxygens (including phenoxy) is 3. The van der Waals surface area contributed by atoms with Crippen molar-refractivity contribution in [3.05, 3.63) is 118 Å². The van der Waals surface area contributed by atoms with Gasteiger partial charge in [0.2, 0.25) is 0 Å². The summed E-state index contributed by atoms with van der Waals surface area (Å²) in [6.07, 6.45) is 5.16. The molecule has 4 aromatic heterocycles. The number of carbonyl (C=O) groups excluding carboxylic acids is 1. The third-order valence-corrected chi connectivity index (χ3v) is 14.2. The molecule has 0 bridgehead atoms. The average molecular weight is 864 g/mol. The smallest absolute Gasteiger partial charge is 0.354 e. The van der Waals surface area contributed by atoms with Gasteiger partial charge in [0, 0.05) is 76.6 Å². The molecule has 1 N–H and O–H groups in total. The number of aliphatic hydroxyl groups excluding tert-OH is 1. The molecule has 0 spiro atoms. The van der Waals surface area contributed by atoms with E-state index in [1.165, 1.54) is 7.11 Å². The normalized spacial score (nSPS) is 16.7. The Hall–Kier alpha value is -4.95. The highest BCUT2D eigenvalue weighted by atomic mass is 35.5. The van der Waals surface area contributed by atoms with Crippen molar-refractivity contribution in [2.75, 3.05) is 20.8 Å². The van der Waals surface area contributed by atoms with Crippen LogP contribution in [0.1, 0.15) is 63.7 Å². The summed E-state index contributed by atoms with van der Waals surface area (Å²) in [5, 5.41) is 22.4. The highest BCUT2D eigenvalue weighted by molar-refractivity contribution is 7.98. The fraction of sp³-hybridized carbons (Fsp3) is 0.348. The number of hydrogen-bond donors (Lipinski definition) is 1. The van der Waals surface area contributed by atoms with Gasteiger partial charge in [0.15, 0.2) is 0 Å². The molecule has 2 aliphatic rings. The molecule has 0 aliphatic heterocycles. The number of rotatable bonds is 17. The number of carbonyl (C=O) groups is 1. The maximum absolute atomic E-state index is 13.2. The van der Waals surface area contributed by atoms with Gasteiger partial charge in [-0.2, -0.15) is 10.2 Å². The van der Waals surface area contributed by atoms with Crippen LogP contribution in [0.3, 0.4) is 0 Å². The Morgan fingerprint density at radius 2 is 1.80 bits per heavy atom. The lowest BCUT2D eigenvalue weighted by atomic mass is 9.98. The zero-order valence-electron chi connectivity index (χ0n) is 34.3. The number of esters is 1. The van der Waals surface area contributed by atoms with Crippen LogP contribution in [0.25, 0.3) is 32.9 Å². The molecule has 14 heteroatoms. The molecule has 11 nitrogen and oxygen atoms in total. The third-order valence-electron chi connectivity index (χ3n) is 11.9. The highest BCUT2D eigenvalue weighted by Crippen LogP contribution is 2.73. The second kappa shape index (κ2) is 16.5. The molecule has 0 amide bonds. The molecule has 2 aliphatic carbocycles. The number of benzene rings is 3. The predicted octanol–water partition coefficient (Wildman–Crippen LogP) is 9.43. The van der Waals surface area contributed by atoms with Crippen molar-refractivity contribution in [1.82, 2.24) is 29.1 Å². The second-order valence-corrected chi connectivity index (χ2v) is 18.2. The lowest BCUT2D eigenvalue weighted by Crippen LogP contribution is -2.13. The third kappa shape index (κ3) is 7.43. The number of thioether (sulfide) groups is 2. The van der Waals surface area contributed by atoms with Gasteiger partial charge >= 0.3 is 5.97 Å². The summed E-state index contributed by atoms with van der Waals surface area (Å²) in [6, 6.07) is 22.3. The molecule has 310 valence electrons. The Kier molecular flexibility index (Phi) is 11.1. The van der Waals surface area contributed by atoms with Crippen LogP contribution in [0.15, 0.2) is 77.8 Å². The monoisotopic (exact) mass is 862 g/mol. The molecule has 60 heavy (non-hydrogen) atoms. The van der Waals surface area contributed by atoms with Crippen LogP contribution in [-0.2, 0) is 54.7 Å². The molecular weight excluding hydrogens is 816 g/mol. The van der Waals surface area contributed by atoms with Crippen LogP contribution in [0.2, 0.25) is 5.02 Å². The second-order valence-electron chi connectivity index (χ2n) is 15.7. The fourth-order valence-electron chi connectivity index (χ4n) is 8.52. The Morgan fingerprint density at radius 1 is 1.00 bits per heavy atom. The molecular formula is C46H47ClN6O5S2. The molecule has 2 saturated carbocycles. The van der Waals surface area contributed by atoms with Gasteiger partial charge in [0.25, 0.3) is 0 Å². The van der Waals surface area contributed by atoms with E-state index in [0.717, 1.165) is 108 Å². The van der Waals surface area contributed by atoms with Gasteiger partial charge in [-0.05, 0) is 92.1 Å². The number of pyridine rings is 1. The molecule has 4 heterocycles. The minimum Gasteiger partial charge on any atom is -0.497 e. The van der Waals surface area contributed by atoms with Crippen LogP contribution in [0, 0.1) is 12.8 Å². The van der Waals surface area contributed by atoms with E-state index in [4.69, 9.17) is 36.0 Å². The van der Waals surface area contributed by atoms with E-state index in [0.29, 0.717) is 41.8 Å². The first-order valence-corrected chi connectivity index (χ1v) is 22.6. The first-order chi connectivity index (χ1) is 29.1. The Morgan fingerprint density at radius 3 is 2.53 bits per heavy atom. The van der Waals surface area contributed by atoms with Crippen molar-refractivity contribution >= 4 is 62.9 Å². The van der Waals surface area contributed by atoms with E-state index < -0.39 is 5.97 Å². The Balaban J connectivity index is 0.949. The van der Waals surface area contributed by atoms with Gasteiger partial charge < -0.3 is 23.9 Å². The van der Waals surface area contributed by atoms with Crippen molar-refractivity contribution in [2.24, 2.45) is 20.0 Å². The number of nitrogens with zero attached hydrogens (tertiary/aromatic N) is 6. The number of methoxy groups -OCH3 is 2. The molecule has 0 atom stereocenters. The number of fused-ring (bicyclic) bond motifs is 3. The van der Waals surface area contributed by atoms with Crippen molar-refractivity contribution < 1.29 is 24.1 Å². The number of hydrogen-bond acceptors (Lipinski definition) is 10. The molecule has 2 fully saturated rings. The fourth-order valence-corrected chi connectivity index (χ4v) is 10.7. The van der Waals surface area contributed by atoms with Gasteiger partial charge in [0.05, 0.1) is 47.4 Å². The standard InChI is InChI=1S/C46H47ClN6O5S2/c1-27-40(41-37(47)15-14-36-35(9-7-17-54)44(45(55)57-5)51(2)43(36)41)38(53(49-27)46-21-30(46)22-46)26-59-24-31-19-32(52(3)50-31)25-60-34-18-29-8-6-16-48-42(29)39(20-34)58-23-28-10-12-33(56-4)13-11-28/h6,8,10-16,18-20,30,54H,7,9,17,21-26H2,1-5H3. The van der Waals surface area contributed by atoms with Gasteiger partial charge in [-0.25, -0.2) is 4.79 Å². The van der Waals surface area contributed by atoms with Crippen LogP contribution < -0.4 is 9.47 Å². The number of aryl methyl sites for hydroxylation is 4. The minimum atomic E-state index is -0.410. The van der Waals surface area contributed by atoms with Crippen LogP contribution in [0.4, 0.5) is 0 Å². The van der Waals surface area contributed by atoms with E-state index in [1.54, 1.807) is 25.1 Å². The maximum Gasteiger partial charge on any atom is 0.354 e. The highest BCUT2D eigenvalue weighted by Gasteiger charge is 2.72. The van der Waals surface area contributed by atoms with Crippen molar-refractivity contribution in [3.8, 4) is 22.6 Å². The summed E-state index contributed by atoms with van der Waals surface area (Å²) in [4.78, 5) is 18.9. The Bertz CT molecular complexity index is 2750. The topological polar surface area (TPSA) is 118 Å². The van der Waals surface area contributed by atoms with Gasteiger partial charge in [0.1, 0.15) is 29.3 Å². The molecule has 7 aromatic rings. The zero-order valence-corrected chi connectivity index (χ0v) is 36.7. The van der Waals surface area contributed by atoms with Crippen molar-refractivity contribution in [2.45, 2.75) is 66.9 Å². The van der Waals surface area contributed by atoms with Gasteiger partial charge in [-0.15, -0.1) is 23.5 Å². The number of aliphatic hydroxyl groups is 1. The molecule has 3 aromatic carbocycles. The number of halogens is 1.